The highest BCUT2D eigenvalue weighted by Crippen LogP contribution is 2.29. The first-order valence-electron chi connectivity index (χ1n) is 4.04. The second-order valence-corrected chi connectivity index (χ2v) is 3.31. The minimum atomic E-state index is -0.0197. The summed E-state index contributed by atoms with van der Waals surface area (Å²) in [7, 11) is 0. The summed E-state index contributed by atoms with van der Waals surface area (Å²) in [6.07, 6.45) is 1.78. The number of rotatable bonds is 4. The second-order valence-electron chi connectivity index (χ2n) is 3.31. The fourth-order valence-electron chi connectivity index (χ4n) is 1.11. The van der Waals surface area contributed by atoms with Crippen LogP contribution < -0.4 is 0 Å². The molecule has 0 aromatic heterocycles. The molecular weight excluding hydrogens is 140 g/mol. The van der Waals surface area contributed by atoms with Crippen molar-refractivity contribution < 1.29 is 9.47 Å². The van der Waals surface area contributed by atoms with Gasteiger partial charge < -0.3 is 9.47 Å². The van der Waals surface area contributed by atoms with E-state index in [-0.39, 0.29) is 5.60 Å². The highest BCUT2D eigenvalue weighted by atomic mass is 16.6. The molecule has 0 bridgehead atoms. The van der Waals surface area contributed by atoms with Crippen molar-refractivity contribution in [3.05, 3.63) is 12.7 Å². The van der Waals surface area contributed by atoms with E-state index in [2.05, 4.69) is 20.4 Å². The largest absolute Gasteiger partial charge is 0.375 e. The molecule has 1 saturated heterocycles. The first-order valence-corrected chi connectivity index (χ1v) is 4.04. The average molecular weight is 156 g/mol. The molecule has 64 valence electrons. The molecule has 0 unspecified atom stereocenters. The molecule has 0 N–H and O–H groups in total. The molecule has 0 radical (unpaired) electrons. The molecule has 0 saturated carbocycles. The van der Waals surface area contributed by atoms with Crippen LogP contribution in [-0.4, -0.2) is 25.4 Å². The van der Waals surface area contributed by atoms with Gasteiger partial charge in [-0.05, 0) is 5.92 Å². The van der Waals surface area contributed by atoms with Gasteiger partial charge in [0, 0.05) is 0 Å². The van der Waals surface area contributed by atoms with Crippen molar-refractivity contribution >= 4 is 0 Å². The van der Waals surface area contributed by atoms with Crippen molar-refractivity contribution in [2.75, 3.05) is 19.8 Å². The summed E-state index contributed by atoms with van der Waals surface area (Å²) in [6.45, 7) is 10.0. The van der Waals surface area contributed by atoms with E-state index in [1.54, 1.807) is 6.08 Å². The van der Waals surface area contributed by atoms with Crippen molar-refractivity contribution in [3.8, 4) is 0 Å². The maximum Gasteiger partial charge on any atom is 0.117 e. The van der Waals surface area contributed by atoms with Crippen LogP contribution in [0.25, 0.3) is 0 Å². The van der Waals surface area contributed by atoms with Gasteiger partial charge in [-0.15, -0.1) is 6.58 Å². The van der Waals surface area contributed by atoms with Crippen LogP contribution in [-0.2, 0) is 9.47 Å². The zero-order chi connectivity index (χ0) is 8.32. The lowest BCUT2D eigenvalue weighted by Crippen LogP contribution is -2.55. The molecule has 1 aliphatic heterocycles. The lowest BCUT2D eigenvalue weighted by molar-refractivity contribution is -0.225. The maximum atomic E-state index is 5.63. The van der Waals surface area contributed by atoms with Gasteiger partial charge in [-0.2, -0.15) is 0 Å². The first-order chi connectivity index (χ1) is 5.21. The Hall–Kier alpha value is -0.340. The normalized spacial score (nSPS) is 21.4. The Morgan fingerprint density at radius 1 is 1.64 bits per heavy atom. The number of hydrogen-bond donors (Lipinski definition) is 0. The lowest BCUT2D eigenvalue weighted by atomic mass is 9.88. The van der Waals surface area contributed by atoms with E-state index in [0.717, 1.165) is 13.2 Å². The Morgan fingerprint density at radius 2 is 2.27 bits per heavy atom. The van der Waals surface area contributed by atoms with Crippen LogP contribution in [0.1, 0.15) is 13.8 Å². The zero-order valence-electron chi connectivity index (χ0n) is 7.30. The van der Waals surface area contributed by atoms with Gasteiger partial charge >= 0.3 is 0 Å². The highest BCUT2D eigenvalue weighted by molar-refractivity contribution is 4.91. The molecule has 0 atom stereocenters. The third-order valence-electron chi connectivity index (χ3n) is 2.23. The van der Waals surface area contributed by atoms with Gasteiger partial charge in [0.25, 0.3) is 0 Å². The average Bonchev–Trinajstić information content (AvgIpc) is 1.85. The molecule has 0 aliphatic carbocycles. The van der Waals surface area contributed by atoms with Crippen molar-refractivity contribution in [3.63, 3.8) is 0 Å². The SMILES string of the molecule is C=CCOC1(C(C)C)COC1. The molecule has 1 aliphatic rings. The van der Waals surface area contributed by atoms with Gasteiger partial charge in [-0.3, -0.25) is 0 Å². The molecule has 11 heavy (non-hydrogen) atoms. The van der Waals surface area contributed by atoms with Gasteiger partial charge in [0.15, 0.2) is 0 Å². The van der Waals surface area contributed by atoms with Crippen LogP contribution in [0.5, 0.6) is 0 Å². The third-order valence-corrected chi connectivity index (χ3v) is 2.23. The number of ether oxygens (including phenoxy) is 2. The Bertz CT molecular complexity index is 136. The van der Waals surface area contributed by atoms with Gasteiger partial charge in [0.1, 0.15) is 5.60 Å². The molecule has 2 nitrogen and oxygen atoms in total. The molecular formula is C9H16O2. The maximum absolute atomic E-state index is 5.63. The topological polar surface area (TPSA) is 18.5 Å². The van der Waals surface area contributed by atoms with Gasteiger partial charge in [0.2, 0.25) is 0 Å². The predicted molar refractivity (Wildman–Crippen MR) is 44.5 cm³/mol. The Labute approximate surface area is 68.2 Å². The molecule has 1 fully saturated rings. The minimum Gasteiger partial charge on any atom is -0.375 e. The van der Waals surface area contributed by atoms with Gasteiger partial charge in [-0.1, -0.05) is 19.9 Å². The van der Waals surface area contributed by atoms with Crippen LogP contribution in [0, 0.1) is 5.92 Å². The second kappa shape index (κ2) is 3.37. The van der Waals surface area contributed by atoms with E-state index in [4.69, 9.17) is 9.47 Å². The fraction of sp³-hybridized carbons (Fsp3) is 0.778. The minimum absolute atomic E-state index is 0.0197. The van der Waals surface area contributed by atoms with Crippen LogP contribution in [0.2, 0.25) is 0 Å². The van der Waals surface area contributed by atoms with E-state index in [1.807, 2.05) is 0 Å². The van der Waals surface area contributed by atoms with Crippen LogP contribution in [0.15, 0.2) is 12.7 Å². The molecule has 0 amide bonds. The van der Waals surface area contributed by atoms with Crippen molar-refractivity contribution in [1.82, 2.24) is 0 Å². The summed E-state index contributed by atoms with van der Waals surface area (Å²) in [6, 6.07) is 0. The van der Waals surface area contributed by atoms with Gasteiger partial charge in [0.05, 0.1) is 19.8 Å². The van der Waals surface area contributed by atoms with Crippen LogP contribution in [0.3, 0.4) is 0 Å². The number of hydrogen-bond acceptors (Lipinski definition) is 2. The van der Waals surface area contributed by atoms with Gasteiger partial charge in [-0.25, -0.2) is 0 Å². The van der Waals surface area contributed by atoms with E-state index < -0.39 is 0 Å². The quantitative estimate of drug-likeness (QED) is 0.576. The summed E-state index contributed by atoms with van der Waals surface area (Å²) in [5.41, 5.74) is -0.0197. The zero-order valence-corrected chi connectivity index (χ0v) is 7.30. The smallest absolute Gasteiger partial charge is 0.117 e. The molecule has 2 heteroatoms. The molecule has 0 aromatic carbocycles. The summed E-state index contributed by atoms with van der Waals surface area (Å²) in [4.78, 5) is 0. The Kier molecular flexibility index (Phi) is 2.68. The van der Waals surface area contributed by atoms with Crippen molar-refractivity contribution in [1.29, 1.82) is 0 Å². The summed E-state index contributed by atoms with van der Waals surface area (Å²) in [5, 5.41) is 0. The third kappa shape index (κ3) is 1.63. The summed E-state index contributed by atoms with van der Waals surface area (Å²) < 4.78 is 10.8. The highest BCUT2D eigenvalue weighted by Gasteiger charge is 2.42. The Balaban J connectivity index is 2.40. The fourth-order valence-corrected chi connectivity index (χ4v) is 1.11. The van der Waals surface area contributed by atoms with Crippen molar-refractivity contribution in [2.24, 2.45) is 5.92 Å². The summed E-state index contributed by atoms with van der Waals surface area (Å²) in [5.74, 6) is 0.524. The Morgan fingerprint density at radius 3 is 2.55 bits per heavy atom. The summed E-state index contributed by atoms with van der Waals surface area (Å²) >= 11 is 0. The van der Waals surface area contributed by atoms with Crippen LogP contribution >= 0.6 is 0 Å². The van der Waals surface area contributed by atoms with E-state index in [0.29, 0.717) is 12.5 Å². The van der Waals surface area contributed by atoms with E-state index >= 15 is 0 Å². The first kappa shape index (κ1) is 8.75. The molecule has 1 rings (SSSR count). The molecule has 0 spiro atoms. The predicted octanol–water partition coefficient (Wildman–Crippen LogP) is 1.61. The molecule has 1 heterocycles. The van der Waals surface area contributed by atoms with Crippen LogP contribution in [0.4, 0.5) is 0 Å². The van der Waals surface area contributed by atoms with E-state index in [1.165, 1.54) is 0 Å². The monoisotopic (exact) mass is 156 g/mol. The molecule has 0 aromatic rings. The lowest BCUT2D eigenvalue weighted by Gasteiger charge is -2.44. The van der Waals surface area contributed by atoms with E-state index in [9.17, 15) is 0 Å². The standard InChI is InChI=1S/C9H16O2/c1-4-5-11-9(8(2)3)6-10-7-9/h4,8H,1,5-7H2,2-3H3. The van der Waals surface area contributed by atoms with Crippen molar-refractivity contribution in [2.45, 2.75) is 19.4 Å².